The second kappa shape index (κ2) is 4.49. The van der Waals surface area contributed by atoms with Crippen LogP contribution in [0, 0.1) is 0 Å². The molecule has 0 bridgehead atoms. The normalized spacial score (nSPS) is 27.4. The highest BCUT2D eigenvalue weighted by Crippen LogP contribution is 2.31. The lowest BCUT2D eigenvalue weighted by atomic mass is 10.1. The topological polar surface area (TPSA) is 41.9 Å². The van der Waals surface area contributed by atoms with Gasteiger partial charge in [0, 0.05) is 18.0 Å². The predicted octanol–water partition coefficient (Wildman–Crippen LogP) is 1.84. The molecule has 0 spiro atoms. The minimum atomic E-state index is -0.383. The average Bonchev–Trinajstić information content (AvgIpc) is 3.09. The molecular weight excluding hydrogens is 236 g/mol. The highest BCUT2D eigenvalue weighted by atomic mass is 32.1. The molecule has 1 amide bonds. The standard InChI is InChI=1S/C12H14N2O2S/c15-12(14-5-1-2-6-14)10-11(16-8-13-10)9-4-3-7-17-9/h3-4,7-8,10-11H,1-2,5-6H2/t10-,11+/m1/s1. The Kier molecular flexibility index (Phi) is 2.84. The second-order valence-corrected chi connectivity index (χ2v) is 5.28. The summed E-state index contributed by atoms with van der Waals surface area (Å²) in [5.74, 6) is 0.106. The summed E-state index contributed by atoms with van der Waals surface area (Å²) in [6.45, 7) is 1.73. The van der Waals surface area contributed by atoms with Gasteiger partial charge in [-0.2, -0.15) is 0 Å². The van der Waals surface area contributed by atoms with Crippen molar-refractivity contribution < 1.29 is 9.53 Å². The highest BCUT2D eigenvalue weighted by Gasteiger charge is 2.37. The van der Waals surface area contributed by atoms with Crippen molar-refractivity contribution in [1.29, 1.82) is 0 Å². The largest absolute Gasteiger partial charge is 0.472 e. The third-order valence-corrected chi connectivity index (χ3v) is 4.14. The minimum Gasteiger partial charge on any atom is -0.472 e. The van der Waals surface area contributed by atoms with Crippen LogP contribution in [-0.4, -0.2) is 36.3 Å². The summed E-state index contributed by atoms with van der Waals surface area (Å²) >= 11 is 1.61. The van der Waals surface area contributed by atoms with Gasteiger partial charge in [-0.05, 0) is 24.3 Å². The van der Waals surface area contributed by atoms with Crippen LogP contribution in [0.15, 0.2) is 22.5 Å². The van der Waals surface area contributed by atoms with Crippen molar-refractivity contribution in [3.05, 3.63) is 22.4 Å². The molecule has 1 aromatic rings. The van der Waals surface area contributed by atoms with Gasteiger partial charge in [-0.3, -0.25) is 4.79 Å². The first-order valence-electron chi connectivity index (χ1n) is 5.85. The Bertz CT molecular complexity index is 424. The van der Waals surface area contributed by atoms with Crippen LogP contribution < -0.4 is 0 Å². The van der Waals surface area contributed by atoms with E-state index in [1.54, 1.807) is 11.3 Å². The number of ether oxygens (including phenoxy) is 1. The molecule has 1 aromatic heterocycles. The summed E-state index contributed by atoms with van der Waals surface area (Å²) in [7, 11) is 0. The Morgan fingerprint density at radius 1 is 1.47 bits per heavy atom. The minimum absolute atomic E-state index is 0.106. The van der Waals surface area contributed by atoms with Crippen LogP contribution >= 0.6 is 11.3 Å². The molecule has 0 radical (unpaired) electrons. The molecule has 0 aromatic carbocycles. The van der Waals surface area contributed by atoms with Crippen molar-refractivity contribution in [3.8, 4) is 0 Å². The number of amides is 1. The van der Waals surface area contributed by atoms with Gasteiger partial charge < -0.3 is 9.64 Å². The van der Waals surface area contributed by atoms with Gasteiger partial charge in [-0.15, -0.1) is 11.3 Å². The van der Waals surface area contributed by atoms with Gasteiger partial charge in [0.1, 0.15) is 0 Å². The van der Waals surface area contributed by atoms with E-state index < -0.39 is 0 Å². The lowest BCUT2D eigenvalue weighted by Crippen LogP contribution is -2.38. The molecule has 1 fully saturated rings. The molecule has 0 unspecified atom stereocenters. The Balaban J connectivity index is 1.77. The molecule has 0 aliphatic carbocycles. The van der Waals surface area contributed by atoms with Crippen molar-refractivity contribution >= 4 is 23.6 Å². The van der Waals surface area contributed by atoms with Crippen molar-refractivity contribution in [1.82, 2.24) is 4.90 Å². The van der Waals surface area contributed by atoms with E-state index in [2.05, 4.69) is 4.99 Å². The predicted molar refractivity (Wildman–Crippen MR) is 66.2 cm³/mol. The summed E-state index contributed by atoms with van der Waals surface area (Å²) in [5.41, 5.74) is 0. The monoisotopic (exact) mass is 250 g/mol. The Morgan fingerprint density at radius 3 is 3.00 bits per heavy atom. The quantitative estimate of drug-likeness (QED) is 0.803. The lowest BCUT2D eigenvalue weighted by molar-refractivity contribution is -0.133. The number of aliphatic imine (C=N–C) groups is 1. The second-order valence-electron chi connectivity index (χ2n) is 4.30. The first-order valence-corrected chi connectivity index (χ1v) is 6.73. The fourth-order valence-corrected chi connectivity index (χ4v) is 3.10. The molecule has 4 nitrogen and oxygen atoms in total. The van der Waals surface area contributed by atoms with Gasteiger partial charge in [-0.25, -0.2) is 4.99 Å². The van der Waals surface area contributed by atoms with E-state index in [-0.39, 0.29) is 18.1 Å². The first-order chi connectivity index (χ1) is 8.36. The number of likely N-dealkylation sites (tertiary alicyclic amines) is 1. The molecule has 2 atom stereocenters. The van der Waals surface area contributed by atoms with Gasteiger partial charge >= 0.3 is 0 Å². The molecule has 0 saturated carbocycles. The summed E-state index contributed by atoms with van der Waals surface area (Å²) in [5, 5.41) is 1.99. The van der Waals surface area contributed by atoms with Crippen LogP contribution in [0.1, 0.15) is 23.8 Å². The molecule has 3 rings (SSSR count). The fraction of sp³-hybridized carbons (Fsp3) is 0.500. The molecule has 2 aliphatic heterocycles. The Morgan fingerprint density at radius 2 is 2.29 bits per heavy atom. The van der Waals surface area contributed by atoms with Crippen molar-refractivity contribution in [2.45, 2.75) is 25.0 Å². The molecule has 3 heterocycles. The van der Waals surface area contributed by atoms with Crippen LogP contribution in [0.25, 0.3) is 0 Å². The fourth-order valence-electron chi connectivity index (χ4n) is 2.31. The summed E-state index contributed by atoms with van der Waals surface area (Å²) in [6, 6.07) is 3.58. The van der Waals surface area contributed by atoms with Crippen LogP contribution in [0.4, 0.5) is 0 Å². The Labute approximate surface area is 104 Å². The third kappa shape index (κ3) is 1.95. The number of thiophene rings is 1. The zero-order chi connectivity index (χ0) is 11.7. The van der Waals surface area contributed by atoms with Gasteiger partial charge in [0.25, 0.3) is 5.91 Å². The number of carbonyl (C=O) groups is 1. The van der Waals surface area contributed by atoms with Crippen molar-refractivity contribution in [3.63, 3.8) is 0 Å². The van der Waals surface area contributed by atoms with E-state index in [9.17, 15) is 4.79 Å². The molecular formula is C12H14N2O2S. The van der Waals surface area contributed by atoms with Crippen molar-refractivity contribution in [2.24, 2.45) is 4.99 Å². The molecule has 0 N–H and O–H groups in total. The van der Waals surface area contributed by atoms with E-state index in [0.717, 1.165) is 30.8 Å². The maximum Gasteiger partial charge on any atom is 0.251 e. The van der Waals surface area contributed by atoms with E-state index >= 15 is 0 Å². The maximum absolute atomic E-state index is 12.3. The smallest absolute Gasteiger partial charge is 0.251 e. The van der Waals surface area contributed by atoms with Crippen molar-refractivity contribution in [2.75, 3.05) is 13.1 Å². The summed E-state index contributed by atoms with van der Waals surface area (Å²) in [6.07, 6.45) is 3.41. The SMILES string of the molecule is O=C([C@@H]1N=CO[C@H]1c1cccs1)N1CCCC1. The van der Waals surface area contributed by atoms with E-state index in [1.165, 1.54) is 6.40 Å². The zero-order valence-electron chi connectivity index (χ0n) is 9.41. The van der Waals surface area contributed by atoms with Gasteiger partial charge in [-0.1, -0.05) is 6.07 Å². The van der Waals surface area contributed by atoms with Crippen LogP contribution in [0.5, 0.6) is 0 Å². The highest BCUT2D eigenvalue weighted by molar-refractivity contribution is 7.10. The summed E-state index contributed by atoms with van der Waals surface area (Å²) in [4.78, 5) is 19.4. The lowest BCUT2D eigenvalue weighted by Gasteiger charge is -2.21. The third-order valence-electron chi connectivity index (χ3n) is 3.21. The van der Waals surface area contributed by atoms with Crippen LogP contribution in [0.2, 0.25) is 0 Å². The van der Waals surface area contributed by atoms with Crippen LogP contribution in [0.3, 0.4) is 0 Å². The van der Waals surface area contributed by atoms with Gasteiger partial charge in [0.2, 0.25) is 0 Å². The van der Waals surface area contributed by atoms with Gasteiger partial charge in [0.15, 0.2) is 18.5 Å². The number of carbonyl (C=O) groups excluding carboxylic acids is 1. The number of hydrogen-bond acceptors (Lipinski definition) is 4. The molecule has 5 heteroatoms. The first kappa shape index (κ1) is 10.8. The summed E-state index contributed by atoms with van der Waals surface area (Å²) < 4.78 is 5.46. The zero-order valence-corrected chi connectivity index (χ0v) is 10.2. The van der Waals surface area contributed by atoms with E-state index in [4.69, 9.17) is 4.74 Å². The molecule has 2 aliphatic rings. The Hall–Kier alpha value is -1.36. The maximum atomic E-state index is 12.3. The molecule has 1 saturated heterocycles. The van der Waals surface area contributed by atoms with E-state index in [0.29, 0.717) is 0 Å². The number of rotatable bonds is 2. The number of nitrogens with zero attached hydrogens (tertiary/aromatic N) is 2. The number of hydrogen-bond donors (Lipinski definition) is 0. The van der Waals surface area contributed by atoms with Gasteiger partial charge in [0.05, 0.1) is 0 Å². The van der Waals surface area contributed by atoms with Crippen LogP contribution in [-0.2, 0) is 9.53 Å². The van der Waals surface area contributed by atoms with E-state index in [1.807, 2.05) is 22.4 Å². The average molecular weight is 250 g/mol. The molecule has 17 heavy (non-hydrogen) atoms. The molecule has 90 valence electrons.